The van der Waals surface area contributed by atoms with E-state index in [-0.39, 0.29) is 6.54 Å². The van der Waals surface area contributed by atoms with Gasteiger partial charge < -0.3 is 5.73 Å². The SMILES string of the molecule is CCC(F)(CN)c1ccc(C)nc1. The van der Waals surface area contributed by atoms with Crippen LogP contribution in [0.2, 0.25) is 0 Å². The van der Waals surface area contributed by atoms with Gasteiger partial charge in [-0.25, -0.2) is 4.39 Å². The van der Waals surface area contributed by atoms with E-state index in [4.69, 9.17) is 5.73 Å². The number of hydrogen-bond donors (Lipinski definition) is 1. The summed E-state index contributed by atoms with van der Waals surface area (Å²) < 4.78 is 13.9. The van der Waals surface area contributed by atoms with Crippen LogP contribution in [0.1, 0.15) is 24.6 Å². The summed E-state index contributed by atoms with van der Waals surface area (Å²) in [6, 6.07) is 3.55. The lowest BCUT2D eigenvalue weighted by Crippen LogP contribution is -2.29. The normalized spacial score (nSPS) is 15.4. The number of hydrogen-bond acceptors (Lipinski definition) is 2. The third-order valence-corrected chi connectivity index (χ3v) is 2.31. The molecule has 0 aromatic carbocycles. The Morgan fingerprint density at radius 2 is 2.23 bits per heavy atom. The van der Waals surface area contributed by atoms with Crippen molar-refractivity contribution in [2.75, 3.05) is 6.54 Å². The Morgan fingerprint density at radius 3 is 2.62 bits per heavy atom. The molecular formula is C10H15FN2. The molecule has 72 valence electrons. The maximum absolute atomic E-state index is 13.9. The fourth-order valence-corrected chi connectivity index (χ4v) is 1.20. The first-order chi connectivity index (χ1) is 6.12. The van der Waals surface area contributed by atoms with Gasteiger partial charge in [-0.15, -0.1) is 0 Å². The van der Waals surface area contributed by atoms with Crippen molar-refractivity contribution in [3.05, 3.63) is 29.6 Å². The van der Waals surface area contributed by atoms with Crippen LogP contribution in [-0.4, -0.2) is 11.5 Å². The van der Waals surface area contributed by atoms with Gasteiger partial charge in [0.05, 0.1) is 0 Å². The third-order valence-electron chi connectivity index (χ3n) is 2.31. The van der Waals surface area contributed by atoms with Crippen molar-refractivity contribution in [2.24, 2.45) is 5.73 Å². The summed E-state index contributed by atoms with van der Waals surface area (Å²) in [7, 11) is 0. The fourth-order valence-electron chi connectivity index (χ4n) is 1.20. The highest BCUT2D eigenvalue weighted by Crippen LogP contribution is 2.27. The Kier molecular flexibility index (Phi) is 2.98. The van der Waals surface area contributed by atoms with Crippen molar-refractivity contribution in [1.29, 1.82) is 0 Å². The summed E-state index contributed by atoms with van der Waals surface area (Å²) in [5, 5.41) is 0. The molecule has 1 aromatic heterocycles. The molecule has 1 unspecified atom stereocenters. The number of rotatable bonds is 3. The van der Waals surface area contributed by atoms with E-state index in [2.05, 4.69) is 4.98 Å². The van der Waals surface area contributed by atoms with Crippen LogP contribution in [0.4, 0.5) is 4.39 Å². The van der Waals surface area contributed by atoms with Gasteiger partial charge in [0.15, 0.2) is 0 Å². The Balaban J connectivity index is 2.99. The van der Waals surface area contributed by atoms with Crippen LogP contribution in [0.15, 0.2) is 18.3 Å². The standard InChI is InChI=1S/C10H15FN2/c1-3-10(11,7-12)9-5-4-8(2)13-6-9/h4-6H,3,7,12H2,1-2H3. The van der Waals surface area contributed by atoms with Crippen LogP contribution in [0.5, 0.6) is 0 Å². The highest BCUT2D eigenvalue weighted by Gasteiger charge is 2.28. The van der Waals surface area contributed by atoms with Gasteiger partial charge in [0.25, 0.3) is 0 Å². The molecule has 13 heavy (non-hydrogen) atoms. The van der Waals surface area contributed by atoms with Crippen LogP contribution in [0.25, 0.3) is 0 Å². The summed E-state index contributed by atoms with van der Waals surface area (Å²) in [6.07, 6.45) is 1.94. The molecule has 0 aliphatic rings. The lowest BCUT2D eigenvalue weighted by molar-refractivity contribution is 0.168. The average molecular weight is 182 g/mol. The van der Waals surface area contributed by atoms with Gasteiger partial charge >= 0.3 is 0 Å². The maximum atomic E-state index is 13.9. The van der Waals surface area contributed by atoms with Gasteiger partial charge in [0.2, 0.25) is 0 Å². The molecule has 0 saturated heterocycles. The van der Waals surface area contributed by atoms with Crippen molar-refractivity contribution in [3.63, 3.8) is 0 Å². The number of alkyl halides is 1. The molecule has 0 aliphatic heterocycles. The van der Waals surface area contributed by atoms with Gasteiger partial charge in [0.1, 0.15) is 5.67 Å². The van der Waals surface area contributed by atoms with Crippen LogP contribution in [0, 0.1) is 6.92 Å². The second-order valence-corrected chi connectivity index (χ2v) is 3.21. The monoisotopic (exact) mass is 182 g/mol. The molecule has 0 amide bonds. The topological polar surface area (TPSA) is 38.9 Å². The molecule has 0 bridgehead atoms. The van der Waals surface area contributed by atoms with Gasteiger partial charge in [-0.3, -0.25) is 4.98 Å². The van der Waals surface area contributed by atoms with Crippen molar-refractivity contribution < 1.29 is 4.39 Å². The first-order valence-electron chi connectivity index (χ1n) is 4.44. The number of aryl methyl sites for hydroxylation is 1. The Labute approximate surface area is 78.0 Å². The van der Waals surface area contributed by atoms with E-state index in [9.17, 15) is 4.39 Å². The number of aromatic nitrogens is 1. The Morgan fingerprint density at radius 1 is 1.54 bits per heavy atom. The molecule has 0 fully saturated rings. The molecule has 0 saturated carbocycles. The minimum atomic E-state index is -1.42. The van der Waals surface area contributed by atoms with E-state index in [0.717, 1.165) is 5.69 Å². The van der Waals surface area contributed by atoms with Gasteiger partial charge in [-0.05, 0) is 19.4 Å². The number of nitrogens with zero attached hydrogens (tertiary/aromatic N) is 1. The van der Waals surface area contributed by atoms with E-state index in [1.807, 2.05) is 6.92 Å². The third kappa shape index (κ3) is 2.04. The van der Waals surface area contributed by atoms with Crippen molar-refractivity contribution in [3.8, 4) is 0 Å². The highest BCUT2D eigenvalue weighted by atomic mass is 19.1. The second-order valence-electron chi connectivity index (χ2n) is 3.21. The first-order valence-corrected chi connectivity index (χ1v) is 4.44. The molecule has 0 spiro atoms. The minimum Gasteiger partial charge on any atom is -0.327 e. The van der Waals surface area contributed by atoms with Crippen molar-refractivity contribution in [1.82, 2.24) is 4.98 Å². The molecule has 1 rings (SSSR count). The first kappa shape index (κ1) is 10.1. The average Bonchev–Trinajstić information content (AvgIpc) is 2.18. The molecule has 1 aromatic rings. The van der Waals surface area contributed by atoms with E-state index in [0.29, 0.717) is 12.0 Å². The van der Waals surface area contributed by atoms with Gasteiger partial charge in [-0.2, -0.15) is 0 Å². The Hall–Kier alpha value is -0.960. The zero-order valence-electron chi connectivity index (χ0n) is 8.05. The van der Waals surface area contributed by atoms with Crippen LogP contribution in [0.3, 0.4) is 0 Å². The van der Waals surface area contributed by atoms with E-state index < -0.39 is 5.67 Å². The molecule has 2 nitrogen and oxygen atoms in total. The summed E-state index contributed by atoms with van der Waals surface area (Å²) in [6.45, 7) is 3.67. The quantitative estimate of drug-likeness (QED) is 0.775. The smallest absolute Gasteiger partial charge is 0.149 e. The zero-order chi connectivity index (χ0) is 9.90. The van der Waals surface area contributed by atoms with Crippen LogP contribution < -0.4 is 5.73 Å². The van der Waals surface area contributed by atoms with Crippen molar-refractivity contribution >= 4 is 0 Å². The summed E-state index contributed by atoms with van der Waals surface area (Å²) in [4.78, 5) is 4.05. The summed E-state index contributed by atoms with van der Waals surface area (Å²) in [5.74, 6) is 0. The number of nitrogens with two attached hydrogens (primary N) is 1. The molecule has 1 atom stereocenters. The molecule has 1 heterocycles. The molecule has 0 radical (unpaired) electrons. The number of pyridine rings is 1. The lowest BCUT2D eigenvalue weighted by atomic mass is 9.94. The predicted octanol–water partition coefficient (Wildman–Crippen LogP) is 1.92. The minimum absolute atomic E-state index is 0.00818. The summed E-state index contributed by atoms with van der Waals surface area (Å²) in [5.41, 5.74) is 5.43. The van der Waals surface area contributed by atoms with Gasteiger partial charge in [-0.1, -0.05) is 13.0 Å². The molecule has 0 aliphatic carbocycles. The van der Waals surface area contributed by atoms with Gasteiger partial charge in [0, 0.05) is 24.0 Å². The largest absolute Gasteiger partial charge is 0.327 e. The maximum Gasteiger partial charge on any atom is 0.149 e. The fraction of sp³-hybridized carbons (Fsp3) is 0.500. The molecular weight excluding hydrogens is 167 g/mol. The van der Waals surface area contributed by atoms with Crippen molar-refractivity contribution in [2.45, 2.75) is 25.9 Å². The predicted molar refractivity (Wildman–Crippen MR) is 51.1 cm³/mol. The number of halogens is 1. The van der Waals surface area contributed by atoms with Crippen LogP contribution in [-0.2, 0) is 5.67 Å². The summed E-state index contributed by atoms with van der Waals surface area (Å²) >= 11 is 0. The highest BCUT2D eigenvalue weighted by molar-refractivity contribution is 5.21. The second kappa shape index (κ2) is 3.83. The lowest BCUT2D eigenvalue weighted by Gasteiger charge is -2.21. The van der Waals surface area contributed by atoms with E-state index in [1.165, 1.54) is 0 Å². The molecule has 2 N–H and O–H groups in total. The van der Waals surface area contributed by atoms with E-state index >= 15 is 0 Å². The van der Waals surface area contributed by atoms with E-state index in [1.54, 1.807) is 25.3 Å². The van der Waals surface area contributed by atoms with Crippen LogP contribution >= 0.6 is 0 Å². The zero-order valence-corrected chi connectivity index (χ0v) is 8.05. The molecule has 3 heteroatoms. The Bertz CT molecular complexity index is 265.